The second-order valence-corrected chi connectivity index (χ2v) is 6.39. The molecule has 0 atom stereocenters. The van der Waals surface area contributed by atoms with Crippen molar-refractivity contribution in [2.45, 2.75) is 6.54 Å². The number of halogens is 2. The number of aromatic nitrogens is 4. The predicted molar refractivity (Wildman–Crippen MR) is 101 cm³/mol. The lowest BCUT2D eigenvalue weighted by Gasteiger charge is -2.07. The number of benzene rings is 2. The molecule has 0 aliphatic carbocycles. The van der Waals surface area contributed by atoms with E-state index in [4.69, 9.17) is 23.2 Å². The first-order valence-corrected chi connectivity index (χ1v) is 8.38. The lowest BCUT2D eigenvalue weighted by molar-refractivity contribution is 0.704. The van der Waals surface area contributed by atoms with Gasteiger partial charge in [-0.15, -0.1) is 0 Å². The van der Waals surface area contributed by atoms with Crippen LogP contribution in [0.15, 0.2) is 61.1 Å². The summed E-state index contributed by atoms with van der Waals surface area (Å²) < 4.78 is 1.84. The van der Waals surface area contributed by atoms with Gasteiger partial charge in [0.15, 0.2) is 5.65 Å². The van der Waals surface area contributed by atoms with Crippen LogP contribution in [0.3, 0.4) is 0 Å². The summed E-state index contributed by atoms with van der Waals surface area (Å²) in [7, 11) is 0. The maximum atomic E-state index is 5.94. The Kier molecular flexibility index (Phi) is 4.26. The number of nitrogens with one attached hydrogen (secondary N) is 1. The third kappa shape index (κ3) is 3.43. The number of rotatable bonds is 4. The van der Waals surface area contributed by atoms with Crippen LogP contribution in [-0.4, -0.2) is 19.7 Å². The number of nitrogens with zero attached hydrogens (tertiary/aromatic N) is 4. The molecule has 0 saturated carbocycles. The van der Waals surface area contributed by atoms with Gasteiger partial charge < -0.3 is 5.32 Å². The number of hydrogen-bond donors (Lipinski definition) is 1. The van der Waals surface area contributed by atoms with Gasteiger partial charge in [0.05, 0.1) is 18.1 Å². The Morgan fingerprint density at radius 1 is 0.880 bits per heavy atom. The first kappa shape index (κ1) is 15.9. The van der Waals surface area contributed by atoms with Crippen molar-refractivity contribution in [1.82, 2.24) is 19.7 Å². The zero-order valence-electron chi connectivity index (χ0n) is 13.0. The third-order valence-electron chi connectivity index (χ3n) is 3.79. The summed E-state index contributed by atoms with van der Waals surface area (Å²) in [5, 5.41) is 9.98. The van der Waals surface area contributed by atoms with Crippen molar-refractivity contribution in [1.29, 1.82) is 0 Å². The van der Waals surface area contributed by atoms with Gasteiger partial charge in [-0.25, -0.2) is 14.6 Å². The molecule has 124 valence electrons. The largest absolute Gasteiger partial charge is 0.340 e. The van der Waals surface area contributed by atoms with Crippen LogP contribution in [0.4, 0.5) is 11.5 Å². The molecule has 2 aromatic heterocycles. The van der Waals surface area contributed by atoms with Crippen molar-refractivity contribution in [2.75, 3.05) is 5.32 Å². The molecule has 7 heteroatoms. The van der Waals surface area contributed by atoms with Gasteiger partial charge in [-0.05, 0) is 42.0 Å². The van der Waals surface area contributed by atoms with Crippen LogP contribution in [-0.2, 0) is 6.54 Å². The number of anilines is 2. The van der Waals surface area contributed by atoms with Gasteiger partial charge in [-0.2, -0.15) is 5.10 Å². The molecule has 5 nitrogen and oxygen atoms in total. The average molecular weight is 370 g/mol. The molecule has 1 N–H and O–H groups in total. The molecule has 2 heterocycles. The van der Waals surface area contributed by atoms with Crippen LogP contribution in [0.1, 0.15) is 5.56 Å². The molecule has 25 heavy (non-hydrogen) atoms. The summed E-state index contributed by atoms with van der Waals surface area (Å²) in [4.78, 5) is 8.70. The smallest absolute Gasteiger partial charge is 0.163 e. The fourth-order valence-electron chi connectivity index (χ4n) is 2.54. The van der Waals surface area contributed by atoms with Gasteiger partial charge in [-0.1, -0.05) is 35.3 Å². The van der Waals surface area contributed by atoms with Gasteiger partial charge in [0, 0.05) is 15.7 Å². The summed E-state index contributed by atoms with van der Waals surface area (Å²) in [6.07, 6.45) is 3.30. The van der Waals surface area contributed by atoms with E-state index in [1.807, 2.05) is 53.2 Å². The van der Waals surface area contributed by atoms with E-state index in [0.29, 0.717) is 22.4 Å². The summed E-state index contributed by atoms with van der Waals surface area (Å²) in [6.45, 7) is 0.609. The molecule has 4 aromatic rings. The van der Waals surface area contributed by atoms with E-state index in [9.17, 15) is 0 Å². The summed E-state index contributed by atoms with van der Waals surface area (Å²) in [5.74, 6) is 0.703. The minimum absolute atomic E-state index is 0.609. The standard InChI is InChI=1S/C18H13Cl2N5/c19-13-3-1-12(2-4-13)10-25-18-16(9-23-25)17(21-11-22-18)24-15-7-5-14(20)6-8-15/h1-9,11H,10H2,(H,21,22,24). The van der Waals surface area contributed by atoms with Gasteiger partial charge >= 0.3 is 0 Å². The maximum Gasteiger partial charge on any atom is 0.163 e. The van der Waals surface area contributed by atoms with Gasteiger partial charge in [0.1, 0.15) is 12.1 Å². The molecule has 0 amide bonds. The summed E-state index contributed by atoms with van der Waals surface area (Å²) in [6, 6.07) is 15.1. The van der Waals surface area contributed by atoms with E-state index in [1.54, 1.807) is 6.20 Å². The number of fused-ring (bicyclic) bond motifs is 1. The molecule has 0 bridgehead atoms. The van der Waals surface area contributed by atoms with Gasteiger partial charge in [0.25, 0.3) is 0 Å². The first-order chi connectivity index (χ1) is 12.2. The van der Waals surface area contributed by atoms with Crippen LogP contribution in [0, 0.1) is 0 Å². The second-order valence-electron chi connectivity index (χ2n) is 5.52. The summed E-state index contributed by atoms with van der Waals surface area (Å²) in [5.41, 5.74) is 2.76. The maximum absolute atomic E-state index is 5.94. The Hall–Kier alpha value is -2.63. The molecule has 0 aliphatic heterocycles. The van der Waals surface area contributed by atoms with E-state index in [1.165, 1.54) is 6.33 Å². The van der Waals surface area contributed by atoms with Crippen LogP contribution in [0.5, 0.6) is 0 Å². The molecular weight excluding hydrogens is 357 g/mol. The minimum Gasteiger partial charge on any atom is -0.340 e. The average Bonchev–Trinajstić information content (AvgIpc) is 3.03. The van der Waals surface area contributed by atoms with Crippen molar-refractivity contribution in [3.8, 4) is 0 Å². The van der Waals surface area contributed by atoms with Crippen LogP contribution < -0.4 is 5.32 Å². The second kappa shape index (κ2) is 6.70. The van der Waals surface area contributed by atoms with E-state index in [-0.39, 0.29) is 0 Å². The van der Waals surface area contributed by atoms with E-state index in [2.05, 4.69) is 20.4 Å². The summed E-state index contributed by atoms with van der Waals surface area (Å²) >= 11 is 11.9. The van der Waals surface area contributed by atoms with Crippen molar-refractivity contribution in [3.63, 3.8) is 0 Å². The Labute approximate surface area is 154 Å². The lowest BCUT2D eigenvalue weighted by atomic mass is 10.2. The monoisotopic (exact) mass is 369 g/mol. The van der Waals surface area contributed by atoms with E-state index < -0.39 is 0 Å². The normalized spacial score (nSPS) is 11.0. The molecule has 0 radical (unpaired) electrons. The zero-order valence-corrected chi connectivity index (χ0v) is 14.5. The van der Waals surface area contributed by atoms with E-state index in [0.717, 1.165) is 22.3 Å². The highest BCUT2D eigenvalue weighted by atomic mass is 35.5. The van der Waals surface area contributed by atoms with Crippen molar-refractivity contribution < 1.29 is 0 Å². The van der Waals surface area contributed by atoms with Crippen LogP contribution in [0.2, 0.25) is 10.0 Å². The first-order valence-electron chi connectivity index (χ1n) is 7.62. The van der Waals surface area contributed by atoms with Crippen molar-refractivity contribution in [2.24, 2.45) is 0 Å². The lowest BCUT2D eigenvalue weighted by Crippen LogP contribution is -2.03. The molecule has 0 spiro atoms. The highest BCUT2D eigenvalue weighted by molar-refractivity contribution is 6.30. The molecule has 0 unspecified atom stereocenters. The SMILES string of the molecule is Clc1ccc(Cn2ncc3c(Nc4ccc(Cl)cc4)ncnc32)cc1. The highest BCUT2D eigenvalue weighted by Gasteiger charge is 2.10. The number of hydrogen-bond acceptors (Lipinski definition) is 4. The topological polar surface area (TPSA) is 55.6 Å². The molecule has 0 aliphatic rings. The third-order valence-corrected chi connectivity index (χ3v) is 4.29. The minimum atomic E-state index is 0.609. The molecule has 2 aromatic carbocycles. The predicted octanol–water partition coefficient (Wildman–Crippen LogP) is 4.93. The van der Waals surface area contributed by atoms with Crippen LogP contribution >= 0.6 is 23.2 Å². The Balaban J connectivity index is 1.65. The van der Waals surface area contributed by atoms with Crippen LogP contribution in [0.25, 0.3) is 11.0 Å². The van der Waals surface area contributed by atoms with Gasteiger partial charge in [0.2, 0.25) is 0 Å². The fourth-order valence-corrected chi connectivity index (χ4v) is 2.79. The zero-order chi connectivity index (χ0) is 17.2. The Morgan fingerprint density at radius 2 is 1.56 bits per heavy atom. The molecule has 0 fully saturated rings. The Morgan fingerprint density at radius 3 is 2.28 bits per heavy atom. The fraction of sp³-hybridized carbons (Fsp3) is 0.0556. The highest BCUT2D eigenvalue weighted by Crippen LogP contribution is 2.24. The van der Waals surface area contributed by atoms with Gasteiger partial charge in [-0.3, -0.25) is 0 Å². The molecular formula is C18H13Cl2N5. The quantitative estimate of drug-likeness (QED) is 0.554. The van der Waals surface area contributed by atoms with Crippen molar-refractivity contribution in [3.05, 3.63) is 76.7 Å². The Bertz CT molecular complexity index is 1010. The van der Waals surface area contributed by atoms with Crippen molar-refractivity contribution >= 4 is 45.7 Å². The molecule has 4 rings (SSSR count). The van der Waals surface area contributed by atoms with E-state index >= 15 is 0 Å². The molecule has 0 saturated heterocycles.